The highest BCUT2D eigenvalue weighted by Gasteiger charge is 2.51. The SMILES string of the molecule is Cc1cc(COc2ccc(C3(N)CCN(C(C(=O)NO)C4CC[N+](C)(C(=O)[O-])CC4)C3=O)cc2)cc(C)n1.O=C(O)C(F)(F)F.O=C(O)C(F)(F)F. The summed E-state index contributed by atoms with van der Waals surface area (Å²) in [7, 11) is 1.57. The van der Waals surface area contributed by atoms with Crippen LogP contribution in [-0.4, -0.2) is 105 Å². The molecule has 4 rings (SSSR count). The largest absolute Gasteiger partial charge is 0.498 e. The minimum atomic E-state index is -5.08. The number of alkyl halides is 6. The van der Waals surface area contributed by atoms with Gasteiger partial charge in [0.2, 0.25) is 5.91 Å². The number of ether oxygens (including phenoxy) is 1. The van der Waals surface area contributed by atoms with Crippen LogP contribution >= 0.6 is 0 Å². The van der Waals surface area contributed by atoms with Crippen molar-refractivity contribution in [2.75, 3.05) is 26.7 Å². The average Bonchev–Trinajstić information content (AvgIpc) is 3.34. The molecule has 2 aromatic rings. The number of quaternary nitrogens is 1. The zero-order valence-corrected chi connectivity index (χ0v) is 28.0. The van der Waals surface area contributed by atoms with E-state index < -0.39 is 53.8 Å². The van der Waals surface area contributed by atoms with E-state index in [0.717, 1.165) is 17.0 Å². The molecule has 2 atom stereocenters. The van der Waals surface area contributed by atoms with Gasteiger partial charge in [-0.05, 0) is 61.6 Å². The number of benzene rings is 1. The molecule has 0 spiro atoms. The van der Waals surface area contributed by atoms with E-state index >= 15 is 0 Å². The van der Waals surface area contributed by atoms with E-state index in [1.807, 2.05) is 26.0 Å². The second kappa shape index (κ2) is 17.0. The molecule has 2 unspecified atom stereocenters. The van der Waals surface area contributed by atoms with Gasteiger partial charge in [0.15, 0.2) is 0 Å². The molecule has 2 aliphatic rings. The molecule has 52 heavy (non-hydrogen) atoms. The number of piperidine rings is 1. The van der Waals surface area contributed by atoms with Crippen LogP contribution in [0.25, 0.3) is 0 Å². The number of carbonyl (C=O) groups is 5. The van der Waals surface area contributed by atoms with Crippen LogP contribution in [-0.2, 0) is 31.3 Å². The number of halogens is 6. The van der Waals surface area contributed by atoms with Crippen molar-refractivity contribution in [1.29, 1.82) is 0 Å². The molecule has 21 heteroatoms. The summed E-state index contributed by atoms with van der Waals surface area (Å²) in [6.07, 6.45) is -10.3. The summed E-state index contributed by atoms with van der Waals surface area (Å²) in [5, 5.41) is 35.2. The first-order chi connectivity index (χ1) is 23.8. The number of nitrogens with zero attached hydrogens (tertiary/aromatic N) is 3. The number of carboxylic acid groups (broad SMARTS) is 3. The number of hydroxylamine groups is 1. The van der Waals surface area contributed by atoms with Gasteiger partial charge in [0.25, 0.3) is 12.0 Å². The quantitative estimate of drug-likeness (QED) is 0.118. The van der Waals surface area contributed by atoms with Crippen molar-refractivity contribution in [3.05, 3.63) is 58.9 Å². The summed E-state index contributed by atoms with van der Waals surface area (Å²) in [5.74, 6) is -6.33. The smallest absolute Gasteiger partial charge is 0.490 e. The van der Waals surface area contributed by atoms with Crippen LogP contribution in [0.5, 0.6) is 5.75 Å². The van der Waals surface area contributed by atoms with E-state index in [9.17, 15) is 51.0 Å². The standard InChI is InChI=1S/C27H35N5O6.2C2HF3O2/c1-17-14-19(15-18(2)29-17)16-38-22-6-4-21(5-7-22)27(28)10-11-31(25(27)34)23(24(33)30-37)20-8-12-32(3,13-9-20)26(35)36;2*3-2(4,5)1(6)7/h4-7,14-15,20,23H,8-13,16,28H2,1-3H3,(H2-,30,33,35,36,37);2*(H,6,7). The highest BCUT2D eigenvalue weighted by atomic mass is 19.4. The molecule has 2 fully saturated rings. The molecule has 0 bridgehead atoms. The summed E-state index contributed by atoms with van der Waals surface area (Å²) >= 11 is 0. The predicted molar refractivity (Wildman–Crippen MR) is 162 cm³/mol. The average molecular weight is 754 g/mol. The third-order valence-electron chi connectivity index (χ3n) is 8.38. The van der Waals surface area contributed by atoms with Crippen molar-refractivity contribution in [3.8, 4) is 5.75 Å². The summed E-state index contributed by atoms with van der Waals surface area (Å²) < 4.78 is 69.1. The van der Waals surface area contributed by atoms with Gasteiger partial charge in [0.05, 0.1) is 20.1 Å². The van der Waals surface area contributed by atoms with Crippen molar-refractivity contribution in [2.24, 2.45) is 11.7 Å². The second-order valence-electron chi connectivity index (χ2n) is 12.3. The third-order valence-corrected chi connectivity index (χ3v) is 8.38. The predicted octanol–water partition coefficient (Wildman–Crippen LogP) is 2.00. The number of nitrogens with one attached hydrogen (secondary N) is 1. The maximum absolute atomic E-state index is 13.6. The number of hydrogen-bond acceptors (Lipinski definition) is 10. The molecule has 0 saturated carbocycles. The lowest BCUT2D eigenvalue weighted by molar-refractivity contribution is -0.863. The van der Waals surface area contributed by atoms with Crippen molar-refractivity contribution < 1.29 is 80.1 Å². The van der Waals surface area contributed by atoms with Crippen LogP contribution in [0.2, 0.25) is 0 Å². The molecule has 15 nitrogen and oxygen atoms in total. The third kappa shape index (κ3) is 11.2. The fourth-order valence-corrected chi connectivity index (χ4v) is 5.65. The fraction of sp³-hybridized carbons (Fsp3) is 0.484. The van der Waals surface area contributed by atoms with Gasteiger partial charge in [0.1, 0.15) is 23.9 Å². The lowest BCUT2D eigenvalue weighted by Crippen LogP contribution is -2.62. The Morgan fingerprint density at radius 2 is 1.48 bits per heavy atom. The number of amides is 3. The molecule has 2 saturated heterocycles. The van der Waals surface area contributed by atoms with Gasteiger partial charge in [-0.3, -0.25) is 24.3 Å². The van der Waals surface area contributed by atoms with E-state index in [1.165, 1.54) is 4.90 Å². The van der Waals surface area contributed by atoms with Gasteiger partial charge >= 0.3 is 24.3 Å². The Bertz CT molecular complexity index is 1570. The van der Waals surface area contributed by atoms with Gasteiger partial charge in [-0.2, -0.15) is 26.3 Å². The first kappa shape index (κ1) is 43.1. The Morgan fingerprint density at radius 1 is 1.02 bits per heavy atom. The summed E-state index contributed by atoms with van der Waals surface area (Å²) in [5.41, 5.74) is 10.4. The molecule has 0 aliphatic carbocycles. The number of hydrogen-bond donors (Lipinski definition) is 5. The number of aliphatic carboxylic acids is 2. The minimum Gasteiger partial charge on any atom is -0.498 e. The highest BCUT2D eigenvalue weighted by Crippen LogP contribution is 2.37. The fourth-order valence-electron chi connectivity index (χ4n) is 5.65. The second-order valence-corrected chi connectivity index (χ2v) is 12.3. The van der Waals surface area contributed by atoms with Crippen molar-refractivity contribution in [3.63, 3.8) is 0 Å². The van der Waals surface area contributed by atoms with Gasteiger partial charge in [-0.15, -0.1) is 0 Å². The lowest BCUT2D eigenvalue weighted by Gasteiger charge is -2.43. The van der Waals surface area contributed by atoms with Crippen molar-refractivity contribution in [2.45, 2.75) is 63.7 Å². The number of aryl methyl sites for hydroxylation is 2. The van der Waals surface area contributed by atoms with Crippen LogP contribution in [0.3, 0.4) is 0 Å². The first-order valence-corrected chi connectivity index (χ1v) is 15.2. The van der Waals surface area contributed by atoms with E-state index in [-0.39, 0.29) is 36.5 Å². The topological polar surface area (TPSA) is 233 Å². The molecule has 3 heterocycles. The molecular weight excluding hydrogens is 716 g/mol. The molecule has 6 N–H and O–H groups in total. The first-order valence-electron chi connectivity index (χ1n) is 15.2. The number of rotatable bonds is 7. The Hall–Kier alpha value is -5.02. The zero-order valence-electron chi connectivity index (χ0n) is 28.0. The molecule has 1 aromatic carbocycles. The Morgan fingerprint density at radius 3 is 1.88 bits per heavy atom. The van der Waals surface area contributed by atoms with E-state index in [1.54, 1.807) is 36.8 Å². The molecule has 288 valence electrons. The zero-order chi connectivity index (χ0) is 39.8. The van der Waals surface area contributed by atoms with Gasteiger partial charge in [-0.25, -0.2) is 15.1 Å². The number of carbonyl (C=O) groups excluding carboxylic acids is 3. The molecule has 3 amide bonds. The van der Waals surface area contributed by atoms with Crippen LogP contribution < -0.4 is 21.1 Å². The minimum absolute atomic E-state index is 0.232. The molecule has 0 radical (unpaired) electrons. The molecular formula is C31H37F6N5O10. The molecule has 2 aliphatic heterocycles. The number of carboxylic acids is 2. The number of pyridine rings is 1. The summed E-state index contributed by atoms with van der Waals surface area (Å²) in [6.45, 7) is 4.99. The van der Waals surface area contributed by atoms with Crippen LogP contribution in [0.4, 0.5) is 31.1 Å². The Kier molecular flexibility index (Phi) is 14.1. The normalized spacial score (nSPS) is 22.2. The van der Waals surface area contributed by atoms with E-state index in [4.69, 9.17) is 30.3 Å². The number of nitrogens with two attached hydrogens (primary N) is 1. The van der Waals surface area contributed by atoms with Crippen LogP contribution in [0, 0.1) is 19.8 Å². The highest BCUT2D eigenvalue weighted by molar-refractivity contribution is 5.94. The van der Waals surface area contributed by atoms with Crippen molar-refractivity contribution in [1.82, 2.24) is 15.4 Å². The number of aromatic nitrogens is 1. The number of likely N-dealkylation sites (tertiary alicyclic amines) is 2. The molecule has 1 aromatic heterocycles. The van der Waals surface area contributed by atoms with Crippen LogP contribution in [0.15, 0.2) is 36.4 Å². The maximum Gasteiger partial charge on any atom is 0.490 e. The van der Waals surface area contributed by atoms with Gasteiger partial charge in [0, 0.05) is 30.8 Å². The van der Waals surface area contributed by atoms with Crippen LogP contribution in [0.1, 0.15) is 41.8 Å². The summed E-state index contributed by atoms with van der Waals surface area (Å²) in [4.78, 5) is 61.4. The van der Waals surface area contributed by atoms with E-state index in [0.29, 0.717) is 30.8 Å². The van der Waals surface area contributed by atoms with Crippen molar-refractivity contribution >= 4 is 29.8 Å². The monoisotopic (exact) mass is 753 g/mol. The maximum atomic E-state index is 13.6. The van der Waals surface area contributed by atoms with Gasteiger partial charge < -0.3 is 35.5 Å². The summed E-state index contributed by atoms with van der Waals surface area (Å²) in [6, 6.07) is 10.0. The Labute approximate surface area is 292 Å². The van der Waals surface area contributed by atoms with Gasteiger partial charge in [-0.1, -0.05) is 12.1 Å². The lowest BCUT2D eigenvalue weighted by atomic mass is 9.86. The Balaban J connectivity index is 0.000000564. The van der Waals surface area contributed by atoms with E-state index in [2.05, 4.69) is 4.98 Å².